The fourth-order valence-corrected chi connectivity index (χ4v) is 3.31. The summed E-state index contributed by atoms with van der Waals surface area (Å²) in [5, 5.41) is 1.10. The highest BCUT2D eigenvalue weighted by atomic mass is 19.1. The summed E-state index contributed by atoms with van der Waals surface area (Å²) in [6.07, 6.45) is 3.39. The number of hydrogen-bond donors (Lipinski definition) is 1. The second-order valence-corrected chi connectivity index (χ2v) is 5.68. The number of nitrogens with zero attached hydrogens (tertiary/aromatic N) is 1. The Kier molecular flexibility index (Phi) is 2.59. The lowest BCUT2D eigenvalue weighted by atomic mass is 9.85. The van der Waals surface area contributed by atoms with Gasteiger partial charge >= 0.3 is 0 Å². The van der Waals surface area contributed by atoms with E-state index in [2.05, 4.69) is 11.1 Å². The minimum absolute atomic E-state index is 0.196. The van der Waals surface area contributed by atoms with Gasteiger partial charge in [-0.15, -0.1) is 0 Å². The van der Waals surface area contributed by atoms with Gasteiger partial charge in [-0.05, 0) is 53.8 Å². The number of nitrogens with two attached hydrogens (primary N) is 1. The molecule has 2 N–H and O–H groups in total. The van der Waals surface area contributed by atoms with E-state index in [0.717, 1.165) is 40.4 Å². The average molecular weight is 278 g/mol. The Balaban J connectivity index is 1.89. The molecule has 0 saturated carbocycles. The Morgan fingerprint density at radius 1 is 1.10 bits per heavy atom. The first kappa shape index (κ1) is 12.5. The van der Waals surface area contributed by atoms with Crippen molar-refractivity contribution in [1.82, 2.24) is 4.98 Å². The van der Waals surface area contributed by atoms with Crippen LogP contribution >= 0.6 is 0 Å². The van der Waals surface area contributed by atoms with Gasteiger partial charge in [0.1, 0.15) is 5.82 Å². The normalized spacial score (nSPS) is 20.7. The maximum absolute atomic E-state index is 13.4. The third kappa shape index (κ3) is 1.85. The monoisotopic (exact) mass is 278 g/mol. The Morgan fingerprint density at radius 3 is 2.90 bits per heavy atom. The number of rotatable bonds is 1. The van der Waals surface area contributed by atoms with Gasteiger partial charge in [-0.25, -0.2) is 4.39 Å². The molecule has 1 aliphatic carbocycles. The molecule has 1 unspecified atom stereocenters. The molecule has 104 valence electrons. The van der Waals surface area contributed by atoms with E-state index in [9.17, 15) is 4.39 Å². The highest BCUT2D eigenvalue weighted by Gasteiger charge is 2.36. The molecule has 0 saturated heterocycles. The highest BCUT2D eigenvalue weighted by molar-refractivity contribution is 5.79. The minimum atomic E-state index is -0.547. The summed E-state index contributed by atoms with van der Waals surface area (Å²) in [6.45, 7) is 0. The Morgan fingerprint density at radius 2 is 2.00 bits per heavy atom. The predicted molar refractivity (Wildman–Crippen MR) is 81.4 cm³/mol. The highest BCUT2D eigenvalue weighted by Crippen LogP contribution is 2.40. The smallest absolute Gasteiger partial charge is 0.123 e. The number of aromatic nitrogens is 1. The Bertz CT molecular complexity index is 843. The van der Waals surface area contributed by atoms with Crippen molar-refractivity contribution in [2.24, 2.45) is 5.73 Å². The molecule has 0 bridgehead atoms. The van der Waals surface area contributed by atoms with Crippen molar-refractivity contribution < 1.29 is 4.39 Å². The van der Waals surface area contributed by atoms with E-state index in [1.54, 1.807) is 12.3 Å². The summed E-state index contributed by atoms with van der Waals surface area (Å²) in [6, 6.07) is 15.0. The van der Waals surface area contributed by atoms with E-state index in [0.29, 0.717) is 0 Å². The van der Waals surface area contributed by atoms with Crippen molar-refractivity contribution in [2.75, 3.05) is 0 Å². The Labute approximate surface area is 122 Å². The van der Waals surface area contributed by atoms with E-state index >= 15 is 0 Å². The van der Waals surface area contributed by atoms with Gasteiger partial charge in [-0.2, -0.15) is 0 Å². The molecule has 2 nitrogen and oxygen atoms in total. The van der Waals surface area contributed by atoms with Crippen LogP contribution in [0.3, 0.4) is 0 Å². The molecule has 0 aliphatic heterocycles. The lowest BCUT2D eigenvalue weighted by Crippen LogP contribution is -2.35. The summed E-state index contributed by atoms with van der Waals surface area (Å²) in [5.74, 6) is -0.196. The van der Waals surface area contributed by atoms with Crippen molar-refractivity contribution in [3.8, 4) is 0 Å². The van der Waals surface area contributed by atoms with Crippen LogP contribution in [0, 0.1) is 5.82 Å². The molecule has 1 aromatic heterocycles. The molecule has 3 heteroatoms. The lowest BCUT2D eigenvalue weighted by molar-refractivity contribution is 0.535. The SMILES string of the molecule is NC1(c2ccc3cccnc3c2)CCc2cc(F)ccc21. The van der Waals surface area contributed by atoms with E-state index in [1.807, 2.05) is 30.3 Å². The third-order valence-electron chi connectivity index (χ3n) is 4.46. The van der Waals surface area contributed by atoms with Gasteiger partial charge in [-0.1, -0.05) is 24.3 Å². The molecular weight excluding hydrogens is 263 g/mol. The van der Waals surface area contributed by atoms with Crippen molar-refractivity contribution in [3.63, 3.8) is 0 Å². The first-order valence-corrected chi connectivity index (χ1v) is 7.10. The van der Waals surface area contributed by atoms with Crippen molar-refractivity contribution in [2.45, 2.75) is 18.4 Å². The van der Waals surface area contributed by atoms with Crippen LogP contribution in [-0.2, 0) is 12.0 Å². The molecular formula is C18H15FN2. The number of hydrogen-bond acceptors (Lipinski definition) is 2. The second kappa shape index (κ2) is 4.37. The van der Waals surface area contributed by atoms with Crippen LogP contribution in [0.1, 0.15) is 23.1 Å². The predicted octanol–water partition coefficient (Wildman–Crippen LogP) is 3.52. The first-order chi connectivity index (χ1) is 10.2. The van der Waals surface area contributed by atoms with Gasteiger partial charge in [0.2, 0.25) is 0 Å². The van der Waals surface area contributed by atoms with Gasteiger partial charge in [0, 0.05) is 11.6 Å². The standard InChI is InChI=1S/C18H15FN2/c19-15-5-6-16-13(10-15)7-8-18(16,20)14-4-3-12-2-1-9-21-17(12)11-14/h1-6,9-11H,7-8,20H2. The zero-order chi connectivity index (χ0) is 14.4. The first-order valence-electron chi connectivity index (χ1n) is 7.10. The molecule has 0 fully saturated rings. The van der Waals surface area contributed by atoms with Gasteiger partial charge in [-0.3, -0.25) is 4.98 Å². The second-order valence-electron chi connectivity index (χ2n) is 5.68. The van der Waals surface area contributed by atoms with Crippen LogP contribution in [-0.4, -0.2) is 4.98 Å². The Hall–Kier alpha value is -2.26. The zero-order valence-corrected chi connectivity index (χ0v) is 11.5. The van der Waals surface area contributed by atoms with Crippen LogP contribution in [0.25, 0.3) is 10.9 Å². The van der Waals surface area contributed by atoms with Crippen LogP contribution in [0.4, 0.5) is 4.39 Å². The quantitative estimate of drug-likeness (QED) is 0.739. The molecule has 1 aliphatic rings. The maximum Gasteiger partial charge on any atom is 0.123 e. The van der Waals surface area contributed by atoms with Gasteiger partial charge < -0.3 is 5.73 Å². The van der Waals surface area contributed by atoms with Crippen molar-refractivity contribution >= 4 is 10.9 Å². The number of halogens is 1. The number of benzene rings is 2. The fraction of sp³-hybridized carbons (Fsp3) is 0.167. The topological polar surface area (TPSA) is 38.9 Å². The van der Waals surface area contributed by atoms with Crippen molar-refractivity contribution in [3.05, 3.63) is 77.2 Å². The summed E-state index contributed by atoms with van der Waals surface area (Å²) in [5.41, 5.74) is 10.2. The molecule has 3 aromatic rings. The third-order valence-corrected chi connectivity index (χ3v) is 4.46. The maximum atomic E-state index is 13.4. The summed E-state index contributed by atoms with van der Waals surface area (Å²) >= 11 is 0. The summed E-state index contributed by atoms with van der Waals surface area (Å²) in [7, 11) is 0. The van der Waals surface area contributed by atoms with Gasteiger partial charge in [0.15, 0.2) is 0 Å². The summed E-state index contributed by atoms with van der Waals surface area (Å²) in [4.78, 5) is 4.40. The minimum Gasteiger partial charge on any atom is -0.318 e. The van der Waals surface area contributed by atoms with Gasteiger partial charge in [0.25, 0.3) is 0 Å². The van der Waals surface area contributed by atoms with E-state index in [1.165, 1.54) is 6.07 Å². The van der Waals surface area contributed by atoms with E-state index in [-0.39, 0.29) is 5.82 Å². The average Bonchev–Trinajstić information content (AvgIpc) is 2.84. The van der Waals surface area contributed by atoms with E-state index in [4.69, 9.17) is 5.73 Å². The molecule has 1 heterocycles. The zero-order valence-electron chi connectivity index (χ0n) is 11.5. The van der Waals surface area contributed by atoms with Gasteiger partial charge in [0.05, 0.1) is 11.1 Å². The molecule has 2 aromatic carbocycles. The number of aryl methyl sites for hydroxylation is 1. The van der Waals surface area contributed by atoms with Crippen LogP contribution < -0.4 is 5.73 Å². The lowest BCUT2D eigenvalue weighted by Gasteiger charge is -2.26. The number of pyridine rings is 1. The van der Waals surface area contributed by atoms with Crippen LogP contribution in [0.2, 0.25) is 0 Å². The van der Waals surface area contributed by atoms with Crippen molar-refractivity contribution in [1.29, 1.82) is 0 Å². The van der Waals surface area contributed by atoms with Crippen LogP contribution in [0.15, 0.2) is 54.7 Å². The molecule has 0 amide bonds. The molecule has 21 heavy (non-hydrogen) atoms. The van der Waals surface area contributed by atoms with Crippen LogP contribution in [0.5, 0.6) is 0 Å². The summed E-state index contributed by atoms with van der Waals surface area (Å²) < 4.78 is 13.4. The van der Waals surface area contributed by atoms with E-state index < -0.39 is 5.54 Å². The molecule has 1 atom stereocenters. The molecule has 4 rings (SSSR count). The molecule has 0 spiro atoms. The number of fused-ring (bicyclic) bond motifs is 2. The fourth-order valence-electron chi connectivity index (χ4n) is 3.31. The largest absolute Gasteiger partial charge is 0.318 e. The molecule has 0 radical (unpaired) electrons.